The first-order chi connectivity index (χ1) is 29.0. The highest BCUT2D eigenvalue weighted by molar-refractivity contribution is 7.90. The molecular formula is C43H39Cl2N9O5S. The minimum atomic E-state index is -3.63. The number of aliphatic hydroxyl groups excluding tert-OH is 1. The third-order valence-corrected chi connectivity index (χ3v) is 11.8. The van der Waals surface area contributed by atoms with Crippen LogP contribution in [-0.2, 0) is 22.9 Å². The standard InChI is InChI=1S/C24H24ClN5O2.C19H15ClN4O3S/c25-20-8-4-5-9-21(20)29-15-16-14-26-23(27-17-10-12-19(31)13-11-17)28-22(16)30(24(29)32)18-6-2-1-3-7-18;1-28(26,27)18-21-11-13-12-23(16-10-6-5-9-15(16)20)19(25)24(17(13)22-18)14-7-3-2-4-8-14/h1-9,14,17,19,31H,10-13,15H2,(H,26,27,28);2-11H,12H2,1H3. The number of rotatable bonds is 7. The summed E-state index contributed by atoms with van der Waals surface area (Å²) in [6.07, 6.45) is 7.28. The van der Waals surface area contributed by atoms with E-state index in [1.807, 2.05) is 54.6 Å². The molecule has 1 aliphatic carbocycles. The van der Waals surface area contributed by atoms with E-state index < -0.39 is 9.84 Å². The van der Waals surface area contributed by atoms with Crippen LogP contribution in [0.4, 0.5) is 49.9 Å². The molecule has 306 valence electrons. The van der Waals surface area contributed by atoms with Crippen molar-refractivity contribution in [2.75, 3.05) is 31.2 Å². The summed E-state index contributed by atoms with van der Waals surface area (Å²) in [5, 5.41) is 13.8. The van der Waals surface area contributed by atoms with Gasteiger partial charge in [-0.15, -0.1) is 0 Å². The number of sulfone groups is 1. The number of carbonyl (C=O) groups is 2. The van der Waals surface area contributed by atoms with Crippen molar-refractivity contribution in [2.45, 2.75) is 56.1 Å². The smallest absolute Gasteiger partial charge is 0.335 e. The van der Waals surface area contributed by atoms with Crippen LogP contribution < -0.4 is 24.9 Å². The maximum atomic E-state index is 13.7. The number of nitrogens with one attached hydrogen (secondary N) is 1. The second-order valence-electron chi connectivity index (χ2n) is 14.4. The molecule has 4 heterocycles. The molecule has 0 radical (unpaired) electrons. The van der Waals surface area contributed by atoms with Gasteiger partial charge in [0.05, 0.1) is 52.0 Å². The van der Waals surface area contributed by atoms with Crippen molar-refractivity contribution in [1.29, 1.82) is 0 Å². The van der Waals surface area contributed by atoms with Crippen LogP contribution in [-0.4, -0.2) is 63.9 Å². The number of fused-ring (bicyclic) bond motifs is 2. The largest absolute Gasteiger partial charge is 0.393 e. The van der Waals surface area contributed by atoms with Crippen LogP contribution in [0.25, 0.3) is 0 Å². The molecule has 0 bridgehead atoms. The SMILES string of the molecule is CS(=O)(=O)c1ncc2c(n1)N(c1ccccc1)C(=O)N(c1ccccc1Cl)C2.O=C1N(c2ccccc2Cl)Cc2cnc(NC3CCC(O)CC3)nc2N1c1ccccc1. The Kier molecular flexibility index (Phi) is 11.7. The number of amides is 4. The summed E-state index contributed by atoms with van der Waals surface area (Å²) in [6, 6.07) is 32.3. The van der Waals surface area contributed by atoms with Gasteiger partial charge in [-0.1, -0.05) is 83.9 Å². The van der Waals surface area contributed by atoms with Crippen LogP contribution in [0.3, 0.4) is 0 Å². The lowest BCUT2D eigenvalue weighted by atomic mass is 9.93. The number of urea groups is 2. The molecule has 0 saturated heterocycles. The number of carbonyl (C=O) groups excluding carboxylic acids is 2. The second-order valence-corrected chi connectivity index (χ2v) is 17.2. The number of benzene rings is 4. The van der Waals surface area contributed by atoms with Crippen LogP contribution >= 0.6 is 23.2 Å². The average molecular weight is 865 g/mol. The van der Waals surface area contributed by atoms with Gasteiger partial charge in [0, 0.05) is 35.8 Å². The van der Waals surface area contributed by atoms with Crippen LogP contribution in [0.2, 0.25) is 10.0 Å². The van der Waals surface area contributed by atoms with E-state index >= 15 is 0 Å². The van der Waals surface area contributed by atoms with E-state index in [2.05, 4.69) is 20.3 Å². The van der Waals surface area contributed by atoms with Crippen molar-refractivity contribution < 1.29 is 23.1 Å². The fourth-order valence-corrected chi connectivity index (χ4v) is 8.25. The maximum Gasteiger partial charge on any atom is 0.335 e. The van der Waals surface area contributed by atoms with Crippen molar-refractivity contribution in [3.63, 3.8) is 0 Å². The highest BCUT2D eigenvalue weighted by Crippen LogP contribution is 2.40. The molecule has 17 heteroatoms. The summed E-state index contributed by atoms with van der Waals surface area (Å²) >= 11 is 12.7. The van der Waals surface area contributed by atoms with Crippen molar-refractivity contribution >= 4 is 85.4 Å². The summed E-state index contributed by atoms with van der Waals surface area (Å²) < 4.78 is 23.8. The monoisotopic (exact) mass is 863 g/mol. The minimum absolute atomic E-state index is 0.172. The number of aromatic nitrogens is 4. The van der Waals surface area contributed by atoms with Gasteiger partial charge in [-0.25, -0.2) is 37.8 Å². The molecule has 4 aromatic carbocycles. The Balaban J connectivity index is 0.000000168. The highest BCUT2D eigenvalue weighted by Gasteiger charge is 2.37. The number of hydrogen-bond donors (Lipinski definition) is 2. The molecule has 0 spiro atoms. The Morgan fingerprint density at radius 2 is 1.08 bits per heavy atom. The molecule has 60 heavy (non-hydrogen) atoms. The van der Waals surface area contributed by atoms with E-state index in [4.69, 9.17) is 28.2 Å². The topological polar surface area (TPSA) is 165 Å². The van der Waals surface area contributed by atoms with Gasteiger partial charge in [0.1, 0.15) is 0 Å². The van der Waals surface area contributed by atoms with Crippen LogP contribution in [0.15, 0.2) is 127 Å². The number of para-hydroxylation sites is 4. The fourth-order valence-electron chi connectivity index (χ4n) is 7.28. The molecule has 4 amide bonds. The zero-order valence-corrected chi connectivity index (χ0v) is 34.6. The lowest BCUT2D eigenvalue weighted by molar-refractivity contribution is 0.126. The van der Waals surface area contributed by atoms with E-state index in [-0.39, 0.29) is 41.7 Å². The molecule has 14 nitrogen and oxygen atoms in total. The number of aliphatic hydroxyl groups is 1. The quantitative estimate of drug-likeness (QED) is 0.148. The molecule has 1 saturated carbocycles. The van der Waals surface area contributed by atoms with Gasteiger partial charge in [-0.2, -0.15) is 9.97 Å². The molecule has 0 unspecified atom stereocenters. The van der Waals surface area contributed by atoms with Gasteiger partial charge in [-0.05, 0) is 74.2 Å². The number of nitrogens with zero attached hydrogens (tertiary/aromatic N) is 8. The van der Waals surface area contributed by atoms with Crippen LogP contribution in [0, 0.1) is 0 Å². The first kappa shape index (κ1) is 40.6. The Morgan fingerprint density at radius 1 is 0.633 bits per heavy atom. The molecule has 2 N–H and O–H groups in total. The first-order valence-electron chi connectivity index (χ1n) is 19.1. The fraction of sp³-hybridized carbons (Fsp3) is 0.209. The average Bonchev–Trinajstić information content (AvgIpc) is 3.25. The van der Waals surface area contributed by atoms with Gasteiger partial charge < -0.3 is 10.4 Å². The third kappa shape index (κ3) is 8.47. The minimum Gasteiger partial charge on any atom is -0.393 e. The normalized spacial score (nSPS) is 17.7. The predicted octanol–water partition coefficient (Wildman–Crippen LogP) is 8.94. The van der Waals surface area contributed by atoms with E-state index in [1.165, 1.54) is 16.0 Å². The molecule has 1 fully saturated rings. The first-order valence-corrected chi connectivity index (χ1v) is 21.8. The van der Waals surface area contributed by atoms with Crippen LogP contribution in [0.1, 0.15) is 36.8 Å². The number of hydrogen-bond acceptors (Lipinski definition) is 10. The lowest BCUT2D eigenvalue weighted by Gasteiger charge is -2.36. The zero-order chi connectivity index (χ0) is 42.0. The van der Waals surface area contributed by atoms with Crippen LogP contribution in [0.5, 0.6) is 0 Å². The third-order valence-electron chi connectivity index (χ3n) is 10.3. The molecule has 3 aliphatic rings. The summed E-state index contributed by atoms with van der Waals surface area (Å²) in [7, 11) is -3.63. The number of anilines is 7. The molecule has 2 aromatic heterocycles. The molecule has 2 aliphatic heterocycles. The number of halogens is 2. The molecule has 6 aromatic rings. The van der Waals surface area contributed by atoms with Gasteiger partial charge in [0.25, 0.3) is 0 Å². The molecular weight excluding hydrogens is 826 g/mol. The predicted molar refractivity (Wildman–Crippen MR) is 232 cm³/mol. The molecule has 9 rings (SSSR count). The Labute approximate surface area is 357 Å². The van der Waals surface area contributed by atoms with Crippen molar-refractivity contribution in [1.82, 2.24) is 19.9 Å². The Hall–Kier alpha value is -6.13. The van der Waals surface area contributed by atoms with E-state index in [0.29, 0.717) is 51.0 Å². The molecule has 0 atom stereocenters. The van der Waals surface area contributed by atoms with Crippen molar-refractivity contribution in [3.8, 4) is 0 Å². The van der Waals surface area contributed by atoms with E-state index in [1.54, 1.807) is 70.6 Å². The van der Waals surface area contributed by atoms with E-state index in [9.17, 15) is 23.1 Å². The van der Waals surface area contributed by atoms with Gasteiger partial charge >= 0.3 is 12.1 Å². The second kappa shape index (κ2) is 17.2. The Morgan fingerprint density at radius 3 is 1.57 bits per heavy atom. The van der Waals surface area contributed by atoms with Crippen molar-refractivity contribution in [3.05, 3.63) is 143 Å². The summed E-state index contributed by atoms with van der Waals surface area (Å²) in [5.74, 6) is 1.30. The van der Waals surface area contributed by atoms with Gasteiger partial charge in [-0.3, -0.25) is 9.80 Å². The summed E-state index contributed by atoms with van der Waals surface area (Å²) in [6.45, 7) is 0.502. The Bertz CT molecular complexity index is 2650. The highest BCUT2D eigenvalue weighted by atomic mass is 35.5. The summed E-state index contributed by atoms with van der Waals surface area (Å²) in [4.78, 5) is 50.6. The summed E-state index contributed by atoms with van der Waals surface area (Å²) in [5.41, 5.74) is 3.92. The maximum absolute atomic E-state index is 13.7. The van der Waals surface area contributed by atoms with Gasteiger partial charge in [0.15, 0.2) is 11.6 Å². The van der Waals surface area contributed by atoms with E-state index in [0.717, 1.165) is 43.2 Å². The van der Waals surface area contributed by atoms with Crippen molar-refractivity contribution in [2.24, 2.45) is 0 Å². The van der Waals surface area contributed by atoms with Gasteiger partial charge in [0.2, 0.25) is 20.9 Å². The zero-order valence-electron chi connectivity index (χ0n) is 32.3. The lowest BCUT2D eigenvalue weighted by Crippen LogP contribution is -2.45.